The summed E-state index contributed by atoms with van der Waals surface area (Å²) in [6, 6.07) is 0. The molecule has 2 aromatic heterocycles. The van der Waals surface area contributed by atoms with Gasteiger partial charge in [-0.2, -0.15) is 0 Å². The second-order valence-electron chi connectivity index (χ2n) is 4.34. The Labute approximate surface area is 119 Å². The fourth-order valence-electron chi connectivity index (χ4n) is 1.55. The van der Waals surface area contributed by atoms with Gasteiger partial charge in [-0.15, -0.1) is 22.7 Å². The van der Waals surface area contributed by atoms with Crippen molar-refractivity contribution in [1.82, 2.24) is 9.97 Å². The summed E-state index contributed by atoms with van der Waals surface area (Å²) in [6.45, 7) is 6.14. The molecular formula is C12H15N3O2S2. The van der Waals surface area contributed by atoms with Crippen LogP contribution in [0.25, 0.3) is 0 Å². The number of carbonyl (C=O) groups is 1. The molecule has 102 valence electrons. The maximum absolute atomic E-state index is 11.8. The maximum Gasteiger partial charge on any atom is 0.360 e. The van der Waals surface area contributed by atoms with E-state index < -0.39 is 5.97 Å². The third-order valence-electron chi connectivity index (χ3n) is 2.43. The largest absolute Gasteiger partial charge is 0.461 e. The van der Waals surface area contributed by atoms with E-state index in [4.69, 9.17) is 4.74 Å². The second kappa shape index (κ2) is 5.66. The van der Waals surface area contributed by atoms with Crippen LogP contribution in [-0.2, 0) is 10.3 Å². The molecule has 0 spiro atoms. The average molecular weight is 297 g/mol. The summed E-state index contributed by atoms with van der Waals surface area (Å²) in [5, 5.41) is 6.90. The van der Waals surface area contributed by atoms with Crippen molar-refractivity contribution in [2.45, 2.75) is 26.3 Å². The quantitative estimate of drug-likeness (QED) is 0.859. The van der Waals surface area contributed by atoms with E-state index in [-0.39, 0.29) is 5.54 Å². The molecule has 1 N–H and O–H groups in total. The Balaban J connectivity index is 2.20. The Morgan fingerprint density at radius 1 is 1.42 bits per heavy atom. The molecule has 2 heterocycles. The van der Waals surface area contributed by atoms with Crippen LogP contribution < -0.4 is 5.32 Å². The minimum Gasteiger partial charge on any atom is -0.461 e. The minimum atomic E-state index is -0.402. The Hall–Kier alpha value is -1.47. The molecule has 7 heteroatoms. The highest BCUT2D eigenvalue weighted by atomic mass is 32.1. The van der Waals surface area contributed by atoms with E-state index in [9.17, 15) is 4.79 Å². The highest BCUT2D eigenvalue weighted by molar-refractivity contribution is 7.14. The first kappa shape index (κ1) is 14.0. The lowest BCUT2D eigenvalue weighted by atomic mass is 10.1. The molecular weight excluding hydrogens is 282 g/mol. The van der Waals surface area contributed by atoms with Crippen LogP contribution >= 0.6 is 22.7 Å². The van der Waals surface area contributed by atoms with Gasteiger partial charge in [-0.25, -0.2) is 14.8 Å². The first-order valence-electron chi connectivity index (χ1n) is 5.83. The Morgan fingerprint density at radius 2 is 2.21 bits per heavy atom. The summed E-state index contributed by atoms with van der Waals surface area (Å²) >= 11 is 2.95. The number of hydrogen-bond donors (Lipinski definition) is 1. The lowest BCUT2D eigenvalue weighted by molar-refractivity contribution is 0.0521. The van der Waals surface area contributed by atoms with Crippen LogP contribution in [-0.4, -0.2) is 22.5 Å². The second-order valence-corrected chi connectivity index (χ2v) is 6.09. The molecule has 0 amide bonds. The van der Waals surface area contributed by atoms with Crippen molar-refractivity contribution in [2.75, 3.05) is 11.9 Å². The summed E-state index contributed by atoms with van der Waals surface area (Å²) in [5.74, 6) is -0.402. The van der Waals surface area contributed by atoms with Crippen LogP contribution in [0.2, 0.25) is 0 Å². The van der Waals surface area contributed by atoms with Crippen molar-refractivity contribution in [3.05, 3.63) is 27.8 Å². The first-order valence-corrected chi connectivity index (χ1v) is 7.59. The first-order chi connectivity index (χ1) is 9.04. The van der Waals surface area contributed by atoms with Gasteiger partial charge in [-0.05, 0) is 20.8 Å². The Bertz CT molecular complexity index is 549. The summed E-state index contributed by atoms with van der Waals surface area (Å²) in [5.41, 5.74) is 1.60. The number of aromatic nitrogens is 2. The van der Waals surface area contributed by atoms with Crippen molar-refractivity contribution < 1.29 is 9.53 Å². The van der Waals surface area contributed by atoms with Crippen molar-refractivity contribution in [3.8, 4) is 0 Å². The zero-order chi connectivity index (χ0) is 13.9. The van der Waals surface area contributed by atoms with Crippen LogP contribution in [0.3, 0.4) is 0 Å². The smallest absolute Gasteiger partial charge is 0.360 e. The van der Waals surface area contributed by atoms with Crippen molar-refractivity contribution in [3.63, 3.8) is 0 Å². The zero-order valence-electron chi connectivity index (χ0n) is 11.0. The molecule has 0 saturated heterocycles. The normalized spacial score (nSPS) is 11.3. The lowest BCUT2D eigenvalue weighted by Crippen LogP contribution is -2.28. The van der Waals surface area contributed by atoms with Gasteiger partial charge in [0.05, 0.1) is 17.7 Å². The molecule has 0 aliphatic heterocycles. The molecule has 2 rings (SSSR count). The average Bonchev–Trinajstić information content (AvgIpc) is 2.98. The molecule has 0 aliphatic rings. The number of esters is 1. The standard InChI is InChI=1S/C12H15N3O2S2/c1-4-17-10(16)8-9(19-7-14-8)15-12(2,3)11-13-5-6-18-11/h5-7,15H,4H2,1-3H3. The molecule has 0 atom stereocenters. The third-order valence-corrected chi connectivity index (χ3v) is 4.27. The molecule has 0 bridgehead atoms. The van der Waals surface area contributed by atoms with Gasteiger partial charge in [0.2, 0.25) is 0 Å². The Morgan fingerprint density at radius 3 is 2.84 bits per heavy atom. The molecule has 5 nitrogen and oxygen atoms in total. The van der Waals surface area contributed by atoms with E-state index in [0.717, 1.165) is 5.01 Å². The molecule has 0 aromatic carbocycles. The highest BCUT2D eigenvalue weighted by Gasteiger charge is 2.27. The van der Waals surface area contributed by atoms with Gasteiger partial charge in [0.15, 0.2) is 5.69 Å². The molecule has 0 saturated carbocycles. The molecule has 0 unspecified atom stereocenters. The summed E-state index contributed by atoms with van der Waals surface area (Å²) in [7, 11) is 0. The van der Waals surface area contributed by atoms with Crippen LogP contribution in [0.5, 0.6) is 0 Å². The van der Waals surface area contributed by atoms with Crippen molar-refractivity contribution in [1.29, 1.82) is 0 Å². The molecule has 19 heavy (non-hydrogen) atoms. The van der Waals surface area contributed by atoms with Crippen molar-refractivity contribution >= 4 is 33.6 Å². The predicted molar refractivity (Wildman–Crippen MR) is 76.8 cm³/mol. The monoisotopic (exact) mass is 297 g/mol. The topological polar surface area (TPSA) is 64.1 Å². The summed E-state index contributed by atoms with van der Waals surface area (Å²) in [4.78, 5) is 20.1. The van der Waals surface area contributed by atoms with Crippen LogP contribution in [0.15, 0.2) is 17.1 Å². The van der Waals surface area contributed by atoms with E-state index in [1.54, 1.807) is 30.0 Å². The van der Waals surface area contributed by atoms with Gasteiger partial charge in [0.25, 0.3) is 0 Å². The van der Waals surface area contributed by atoms with E-state index in [0.29, 0.717) is 17.3 Å². The molecule has 0 aliphatic carbocycles. The van der Waals surface area contributed by atoms with Gasteiger partial charge in [0, 0.05) is 11.6 Å². The SMILES string of the molecule is CCOC(=O)c1ncsc1NC(C)(C)c1nccs1. The van der Waals surface area contributed by atoms with Gasteiger partial charge in [-0.3, -0.25) is 0 Å². The van der Waals surface area contributed by atoms with E-state index in [1.807, 2.05) is 19.2 Å². The lowest BCUT2D eigenvalue weighted by Gasteiger charge is -2.24. The third kappa shape index (κ3) is 3.10. The van der Waals surface area contributed by atoms with Crippen molar-refractivity contribution in [2.24, 2.45) is 0 Å². The van der Waals surface area contributed by atoms with Gasteiger partial charge in [0.1, 0.15) is 10.0 Å². The van der Waals surface area contributed by atoms with Gasteiger partial charge in [-0.1, -0.05) is 0 Å². The van der Waals surface area contributed by atoms with E-state index in [1.165, 1.54) is 11.3 Å². The van der Waals surface area contributed by atoms with Crippen LogP contribution in [0.4, 0.5) is 5.00 Å². The number of carbonyl (C=O) groups excluding carboxylic acids is 1. The van der Waals surface area contributed by atoms with Gasteiger partial charge < -0.3 is 10.1 Å². The molecule has 2 aromatic rings. The van der Waals surface area contributed by atoms with Crippen LogP contribution in [0, 0.1) is 0 Å². The number of thiazole rings is 2. The van der Waals surface area contributed by atoms with E-state index in [2.05, 4.69) is 15.3 Å². The number of rotatable bonds is 5. The summed E-state index contributed by atoms with van der Waals surface area (Å²) in [6.07, 6.45) is 1.77. The fourth-order valence-corrected chi connectivity index (χ4v) is 3.09. The highest BCUT2D eigenvalue weighted by Crippen LogP contribution is 2.31. The van der Waals surface area contributed by atoms with Gasteiger partial charge >= 0.3 is 5.97 Å². The number of hydrogen-bond acceptors (Lipinski definition) is 7. The maximum atomic E-state index is 11.8. The number of anilines is 1. The fraction of sp³-hybridized carbons (Fsp3) is 0.417. The van der Waals surface area contributed by atoms with Crippen LogP contribution in [0.1, 0.15) is 36.3 Å². The molecule has 0 fully saturated rings. The Kier molecular flexibility index (Phi) is 4.16. The number of ether oxygens (including phenoxy) is 1. The predicted octanol–water partition coefficient (Wildman–Crippen LogP) is 3.12. The number of nitrogens with one attached hydrogen (secondary N) is 1. The summed E-state index contributed by atoms with van der Waals surface area (Å²) < 4.78 is 4.98. The molecule has 0 radical (unpaired) electrons. The van der Waals surface area contributed by atoms with E-state index >= 15 is 0 Å². The zero-order valence-corrected chi connectivity index (χ0v) is 12.6. The number of nitrogens with zero attached hydrogens (tertiary/aromatic N) is 2. The minimum absolute atomic E-state index is 0.330.